The van der Waals surface area contributed by atoms with E-state index in [4.69, 9.17) is 7.85 Å². The lowest BCUT2D eigenvalue weighted by Crippen LogP contribution is -2.31. The first-order chi connectivity index (χ1) is 14.7. The van der Waals surface area contributed by atoms with Crippen molar-refractivity contribution in [2.45, 2.75) is 26.8 Å². The van der Waals surface area contributed by atoms with E-state index < -0.39 is 17.6 Å². The molecule has 1 aromatic carbocycles. The highest BCUT2D eigenvalue weighted by Crippen LogP contribution is 2.24. The second-order valence-corrected chi connectivity index (χ2v) is 7.08. The average Bonchev–Trinajstić information content (AvgIpc) is 3.10. The summed E-state index contributed by atoms with van der Waals surface area (Å²) in [6.07, 6.45) is 1.36. The molecule has 0 atom stereocenters. The number of anilines is 1. The van der Waals surface area contributed by atoms with Gasteiger partial charge in [-0.3, -0.25) is 9.59 Å². The zero-order chi connectivity index (χ0) is 22.7. The third-order valence-electron chi connectivity index (χ3n) is 4.27. The number of hydrogen-bond donors (Lipinski definition) is 2. The number of amides is 2. The number of benzene rings is 1. The number of hydrogen-bond acceptors (Lipinski definition) is 5. The zero-order valence-electron chi connectivity index (χ0n) is 17.1. The highest BCUT2D eigenvalue weighted by molar-refractivity contribution is 6.31. The SMILES string of the molecule is [B]c1cc(C(=O)Nc2c(C)cc(C#N)cc2C(=O)NC(C)C)n(-c2ncccc2F)n1. The van der Waals surface area contributed by atoms with E-state index in [1.165, 1.54) is 30.5 Å². The molecule has 154 valence electrons. The van der Waals surface area contributed by atoms with Crippen LogP contribution in [0.1, 0.15) is 45.8 Å². The van der Waals surface area contributed by atoms with Gasteiger partial charge in [-0.1, -0.05) is 0 Å². The third kappa shape index (κ3) is 4.61. The number of aromatic nitrogens is 3. The average molecular weight is 416 g/mol. The highest BCUT2D eigenvalue weighted by Gasteiger charge is 2.22. The molecule has 3 rings (SSSR count). The Morgan fingerprint density at radius 2 is 2.00 bits per heavy atom. The highest BCUT2D eigenvalue weighted by atomic mass is 19.1. The predicted molar refractivity (Wildman–Crippen MR) is 113 cm³/mol. The number of halogens is 1. The predicted octanol–water partition coefficient (Wildman–Crippen LogP) is 1.77. The van der Waals surface area contributed by atoms with Crippen molar-refractivity contribution in [3.63, 3.8) is 0 Å². The van der Waals surface area contributed by atoms with Crippen molar-refractivity contribution in [3.05, 3.63) is 64.7 Å². The van der Waals surface area contributed by atoms with E-state index in [0.29, 0.717) is 5.56 Å². The van der Waals surface area contributed by atoms with Gasteiger partial charge >= 0.3 is 0 Å². The second-order valence-electron chi connectivity index (χ2n) is 7.08. The maximum absolute atomic E-state index is 14.2. The molecule has 31 heavy (non-hydrogen) atoms. The summed E-state index contributed by atoms with van der Waals surface area (Å²) >= 11 is 0. The fraction of sp³-hybridized carbons (Fsp3) is 0.190. The molecule has 2 heterocycles. The van der Waals surface area contributed by atoms with E-state index in [1.54, 1.807) is 26.8 Å². The molecule has 2 radical (unpaired) electrons. The number of nitrogens with zero attached hydrogens (tertiary/aromatic N) is 4. The van der Waals surface area contributed by atoms with Crippen molar-refractivity contribution in [3.8, 4) is 11.9 Å². The van der Waals surface area contributed by atoms with E-state index in [0.717, 1.165) is 4.68 Å². The number of aryl methyl sites for hydroxylation is 1. The van der Waals surface area contributed by atoms with E-state index >= 15 is 0 Å². The number of nitrogens with one attached hydrogen (secondary N) is 2. The monoisotopic (exact) mass is 416 g/mol. The van der Waals surface area contributed by atoms with Gasteiger partial charge in [-0.15, -0.1) is 0 Å². The first kappa shape index (κ1) is 21.7. The molecule has 0 spiro atoms. The van der Waals surface area contributed by atoms with E-state index in [-0.39, 0.29) is 40.0 Å². The van der Waals surface area contributed by atoms with Crippen LogP contribution in [0.2, 0.25) is 0 Å². The zero-order valence-corrected chi connectivity index (χ0v) is 17.1. The summed E-state index contributed by atoms with van der Waals surface area (Å²) in [5, 5.41) is 18.6. The van der Waals surface area contributed by atoms with Crippen LogP contribution in [-0.2, 0) is 0 Å². The molecule has 2 N–H and O–H groups in total. The molecule has 0 unspecified atom stereocenters. The van der Waals surface area contributed by atoms with Crippen molar-refractivity contribution in [1.82, 2.24) is 20.1 Å². The second kappa shape index (κ2) is 8.79. The Morgan fingerprint density at radius 1 is 1.26 bits per heavy atom. The summed E-state index contributed by atoms with van der Waals surface area (Å²) in [5.41, 5.74) is 1.04. The molecular weight excluding hydrogens is 398 g/mol. The summed E-state index contributed by atoms with van der Waals surface area (Å²) in [4.78, 5) is 29.7. The lowest BCUT2D eigenvalue weighted by molar-refractivity contribution is 0.0944. The van der Waals surface area contributed by atoms with Crippen molar-refractivity contribution in [2.24, 2.45) is 0 Å². The van der Waals surface area contributed by atoms with E-state index in [1.807, 2.05) is 6.07 Å². The maximum Gasteiger partial charge on any atom is 0.274 e. The molecule has 2 aromatic heterocycles. The summed E-state index contributed by atoms with van der Waals surface area (Å²) in [6, 6.07) is 8.64. The van der Waals surface area contributed by atoms with Gasteiger partial charge in [0.25, 0.3) is 11.8 Å². The Bertz CT molecular complexity index is 1220. The van der Waals surface area contributed by atoms with Gasteiger partial charge in [-0.2, -0.15) is 10.4 Å². The van der Waals surface area contributed by atoms with Crippen molar-refractivity contribution in [1.29, 1.82) is 5.26 Å². The number of rotatable bonds is 5. The van der Waals surface area contributed by atoms with Gasteiger partial charge in [0.1, 0.15) is 13.5 Å². The van der Waals surface area contributed by atoms with Gasteiger partial charge in [0.05, 0.1) is 22.9 Å². The van der Waals surface area contributed by atoms with Crippen LogP contribution in [0.5, 0.6) is 0 Å². The third-order valence-corrected chi connectivity index (χ3v) is 4.27. The minimum Gasteiger partial charge on any atom is -0.350 e. The topological polar surface area (TPSA) is 113 Å². The lowest BCUT2D eigenvalue weighted by Gasteiger charge is -2.16. The van der Waals surface area contributed by atoms with Crippen molar-refractivity contribution >= 4 is 30.9 Å². The molecule has 3 aromatic rings. The molecule has 2 amide bonds. The Hall–Kier alpha value is -4.00. The summed E-state index contributed by atoms with van der Waals surface area (Å²) in [5.74, 6) is -2.01. The summed E-state index contributed by atoms with van der Waals surface area (Å²) in [7, 11) is 5.74. The smallest absolute Gasteiger partial charge is 0.274 e. The molecule has 8 nitrogen and oxygen atoms in total. The van der Waals surface area contributed by atoms with Gasteiger partial charge in [-0.25, -0.2) is 14.1 Å². The van der Waals surface area contributed by atoms with Crippen LogP contribution < -0.4 is 16.2 Å². The fourth-order valence-corrected chi connectivity index (χ4v) is 2.97. The van der Waals surface area contributed by atoms with Gasteiger partial charge in [-0.05, 0) is 56.7 Å². The summed E-state index contributed by atoms with van der Waals surface area (Å²) < 4.78 is 15.2. The molecule has 0 aliphatic rings. The van der Waals surface area contributed by atoms with Gasteiger partial charge in [0.15, 0.2) is 11.6 Å². The summed E-state index contributed by atoms with van der Waals surface area (Å²) in [6.45, 7) is 5.24. The van der Waals surface area contributed by atoms with Crippen LogP contribution in [0.4, 0.5) is 10.1 Å². The Balaban J connectivity index is 2.05. The normalized spacial score (nSPS) is 10.6. The molecule has 0 aliphatic heterocycles. The number of nitriles is 1. The Morgan fingerprint density at radius 3 is 2.65 bits per heavy atom. The van der Waals surface area contributed by atoms with Gasteiger partial charge < -0.3 is 10.6 Å². The van der Waals surface area contributed by atoms with Crippen LogP contribution in [0, 0.1) is 24.1 Å². The quantitative estimate of drug-likeness (QED) is 0.616. The molecule has 0 aliphatic carbocycles. The van der Waals surface area contributed by atoms with Crippen LogP contribution in [-0.4, -0.2) is 40.5 Å². The molecule has 0 fully saturated rings. The number of pyridine rings is 1. The molecule has 0 bridgehead atoms. The molecule has 0 saturated carbocycles. The first-order valence-electron chi connectivity index (χ1n) is 9.34. The van der Waals surface area contributed by atoms with Crippen molar-refractivity contribution < 1.29 is 14.0 Å². The Labute approximate surface area is 179 Å². The van der Waals surface area contributed by atoms with Gasteiger partial charge in [0, 0.05) is 17.8 Å². The minimum atomic E-state index is -0.689. The number of carbonyl (C=O) groups is 2. The minimum absolute atomic E-state index is 0.00970. The number of carbonyl (C=O) groups excluding carboxylic acids is 2. The van der Waals surface area contributed by atoms with Gasteiger partial charge in [0.2, 0.25) is 0 Å². The van der Waals surface area contributed by atoms with Crippen LogP contribution in [0.15, 0.2) is 36.5 Å². The molecule has 10 heteroatoms. The molecular formula is C21H18BFN6O2. The first-order valence-corrected chi connectivity index (χ1v) is 9.34. The van der Waals surface area contributed by atoms with Crippen molar-refractivity contribution in [2.75, 3.05) is 5.32 Å². The Kier molecular flexibility index (Phi) is 6.16. The maximum atomic E-state index is 14.2. The van der Waals surface area contributed by atoms with Crippen LogP contribution in [0.3, 0.4) is 0 Å². The van der Waals surface area contributed by atoms with Crippen LogP contribution >= 0.6 is 0 Å². The fourth-order valence-electron chi connectivity index (χ4n) is 2.97. The lowest BCUT2D eigenvalue weighted by atomic mass is 10.0. The largest absolute Gasteiger partial charge is 0.350 e. The standard InChI is InChI=1S/C21H18BFN6O2/c1-11(2)26-20(30)14-8-13(10-24)7-12(3)18(14)27-21(31)16-9-17(22)28-29(16)19-15(23)5-4-6-25-19/h4-9,11H,1-3H3,(H,26,30)(H,27,31). The van der Waals surface area contributed by atoms with Crippen LogP contribution in [0.25, 0.3) is 5.82 Å². The molecule has 0 saturated heterocycles. The van der Waals surface area contributed by atoms with E-state index in [9.17, 15) is 19.2 Å². The van der Waals surface area contributed by atoms with E-state index in [2.05, 4.69) is 20.7 Å².